The highest BCUT2D eigenvalue weighted by molar-refractivity contribution is 7.99. The zero-order valence-electron chi connectivity index (χ0n) is 8.97. The van der Waals surface area contributed by atoms with E-state index in [-0.39, 0.29) is 23.1 Å². The van der Waals surface area contributed by atoms with Crippen LogP contribution in [0.2, 0.25) is 5.02 Å². The van der Waals surface area contributed by atoms with Crippen LogP contribution in [0, 0.1) is 0 Å². The second-order valence-electron chi connectivity index (χ2n) is 2.96. The smallest absolute Gasteiger partial charge is 0.356 e. The van der Waals surface area contributed by atoms with Gasteiger partial charge in [-0.1, -0.05) is 11.6 Å². The van der Waals surface area contributed by atoms with Crippen LogP contribution in [0.25, 0.3) is 0 Å². The first kappa shape index (κ1) is 13.8. The molecule has 1 rings (SSSR count). The highest BCUT2D eigenvalue weighted by atomic mass is 35.5. The van der Waals surface area contributed by atoms with E-state index in [0.717, 1.165) is 0 Å². The van der Waals surface area contributed by atoms with E-state index < -0.39 is 5.97 Å². The molecule has 0 aliphatic heterocycles. The maximum absolute atomic E-state index is 10.9. The summed E-state index contributed by atoms with van der Waals surface area (Å²) in [6.07, 6.45) is 0.244. The Bertz CT molecular complexity index is 438. The van der Waals surface area contributed by atoms with Crippen LogP contribution in [-0.4, -0.2) is 34.9 Å². The molecule has 7 heteroatoms. The standard InChI is InChI=1S/C10H10ClNO4S/c1-16-8(13)4-5-17-7-3-2-6(11)9(12-7)10(14)15/h2-3H,4-5H2,1H3,(H,14,15). The zero-order chi connectivity index (χ0) is 12.8. The summed E-state index contributed by atoms with van der Waals surface area (Å²) >= 11 is 6.94. The topological polar surface area (TPSA) is 76.5 Å². The minimum absolute atomic E-state index is 0.0924. The first-order valence-electron chi connectivity index (χ1n) is 4.64. The summed E-state index contributed by atoms with van der Waals surface area (Å²) in [6, 6.07) is 3.08. The number of hydrogen-bond acceptors (Lipinski definition) is 5. The fourth-order valence-electron chi connectivity index (χ4n) is 0.996. The van der Waals surface area contributed by atoms with Crippen molar-refractivity contribution in [2.75, 3.05) is 12.9 Å². The third-order valence-electron chi connectivity index (χ3n) is 1.81. The molecular formula is C10H10ClNO4S. The molecule has 0 amide bonds. The molecule has 0 aliphatic carbocycles. The minimum Gasteiger partial charge on any atom is -0.476 e. The van der Waals surface area contributed by atoms with Crippen LogP contribution in [0.4, 0.5) is 0 Å². The Morgan fingerprint density at radius 2 is 2.24 bits per heavy atom. The number of carboxylic acids is 1. The van der Waals surface area contributed by atoms with E-state index in [4.69, 9.17) is 16.7 Å². The van der Waals surface area contributed by atoms with Gasteiger partial charge in [0.2, 0.25) is 0 Å². The molecule has 1 N–H and O–H groups in total. The summed E-state index contributed by atoms with van der Waals surface area (Å²) in [5.74, 6) is -1.02. The molecule has 17 heavy (non-hydrogen) atoms. The summed E-state index contributed by atoms with van der Waals surface area (Å²) in [4.78, 5) is 25.5. The highest BCUT2D eigenvalue weighted by Crippen LogP contribution is 2.21. The molecule has 0 fully saturated rings. The van der Waals surface area contributed by atoms with Gasteiger partial charge in [-0.15, -0.1) is 11.8 Å². The number of pyridine rings is 1. The number of methoxy groups -OCH3 is 1. The molecule has 0 atom stereocenters. The molecule has 1 aromatic heterocycles. The Morgan fingerprint density at radius 1 is 1.53 bits per heavy atom. The van der Waals surface area contributed by atoms with Crippen molar-refractivity contribution in [3.63, 3.8) is 0 Å². The molecule has 0 bridgehead atoms. The van der Waals surface area contributed by atoms with Gasteiger partial charge in [-0.05, 0) is 12.1 Å². The molecule has 1 aromatic rings. The molecule has 0 saturated carbocycles. The van der Waals surface area contributed by atoms with E-state index in [1.165, 1.54) is 24.9 Å². The van der Waals surface area contributed by atoms with E-state index in [2.05, 4.69) is 9.72 Å². The number of carbonyl (C=O) groups excluding carboxylic acids is 1. The molecule has 1 heterocycles. The van der Waals surface area contributed by atoms with Crippen molar-refractivity contribution < 1.29 is 19.4 Å². The number of aromatic carboxylic acids is 1. The van der Waals surface area contributed by atoms with Crippen LogP contribution in [0.15, 0.2) is 17.2 Å². The second kappa shape index (κ2) is 6.46. The van der Waals surface area contributed by atoms with Crippen LogP contribution >= 0.6 is 23.4 Å². The Kier molecular flexibility index (Phi) is 5.24. The number of carbonyl (C=O) groups is 2. The Labute approximate surface area is 107 Å². The fraction of sp³-hybridized carbons (Fsp3) is 0.300. The van der Waals surface area contributed by atoms with Gasteiger partial charge >= 0.3 is 11.9 Å². The van der Waals surface area contributed by atoms with Gasteiger partial charge in [0, 0.05) is 5.75 Å². The summed E-state index contributed by atoms with van der Waals surface area (Å²) < 4.78 is 4.48. The zero-order valence-corrected chi connectivity index (χ0v) is 10.5. The van der Waals surface area contributed by atoms with Gasteiger partial charge in [0.25, 0.3) is 0 Å². The van der Waals surface area contributed by atoms with Crippen LogP contribution in [0.5, 0.6) is 0 Å². The van der Waals surface area contributed by atoms with Crippen molar-refractivity contribution in [1.29, 1.82) is 0 Å². The van der Waals surface area contributed by atoms with Crippen molar-refractivity contribution in [2.24, 2.45) is 0 Å². The molecule has 0 aromatic carbocycles. The van der Waals surface area contributed by atoms with E-state index in [0.29, 0.717) is 10.8 Å². The number of ether oxygens (including phenoxy) is 1. The lowest BCUT2D eigenvalue weighted by atomic mass is 10.3. The number of carboxylic acid groups (broad SMARTS) is 1. The van der Waals surface area contributed by atoms with Gasteiger partial charge in [-0.2, -0.15) is 0 Å². The van der Waals surface area contributed by atoms with Gasteiger partial charge in [-0.3, -0.25) is 4.79 Å². The number of aromatic nitrogens is 1. The molecular weight excluding hydrogens is 266 g/mol. The van der Waals surface area contributed by atoms with E-state index in [1.807, 2.05) is 0 Å². The number of thioether (sulfide) groups is 1. The van der Waals surface area contributed by atoms with Crippen molar-refractivity contribution >= 4 is 35.3 Å². The maximum atomic E-state index is 10.9. The molecule has 92 valence electrons. The second-order valence-corrected chi connectivity index (χ2v) is 4.48. The van der Waals surface area contributed by atoms with Crippen molar-refractivity contribution in [3.8, 4) is 0 Å². The van der Waals surface area contributed by atoms with Crippen LogP contribution in [-0.2, 0) is 9.53 Å². The highest BCUT2D eigenvalue weighted by Gasteiger charge is 2.11. The van der Waals surface area contributed by atoms with Crippen molar-refractivity contribution in [1.82, 2.24) is 4.98 Å². The van der Waals surface area contributed by atoms with Gasteiger partial charge < -0.3 is 9.84 Å². The molecule has 0 unspecified atom stereocenters. The summed E-state index contributed by atoms with van der Waals surface area (Å²) in [7, 11) is 1.32. The predicted molar refractivity (Wildman–Crippen MR) is 63.6 cm³/mol. The monoisotopic (exact) mass is 275 g/mol. The van der Waals surface area contributed by atoms with Gasteiger partial charge in [0.1, 0.15) is 0 Å². The van der Waals surface area contributed by atoms with Crippen LogP contribution in [0.1, 0.15) is 16.9 Å². The van der Waals surface area contributed by atoms with E-state index >= 15 is 0 Å². The van der Waals surface area contributed by atoms with E-state index in [9.17, 15) is 9.59 Å². The number of nitrogens with zero attached hydrogens (tertiary/aromatic N) is 1. The first-order chi connectivity index (χ1) is 8.04. The third kappa shape index (κ3) is 4.24. The lowest BCUT2D eigenvalue weighted by molar-refractivity contribution is -0.140. The minimum atomic E-state index is -1.18. The maximum Gasteiger partial charge on any atom is 0.356 e. The van der Waals surface area contributed by atoms with Crippen LogP contribution < -0.4 is 0 Å². The number of rotatable bonds is 5. The first-order valence-corrected chi connectivity index (χ1v) is 6.00. The lowest BCUT2D eigenvalue weighted by Gasteiger charge is -2.03. The number of hydrogen-bond donors (Lipinski definition) is 1. The van der Waals surface area contributed by atoms with Gasteiger partial charge in [-0.25, -0.2) is 9.78 Å². The fourth-order valence-corrected chi connectivity index (χ4v) is 1.98. The quantitative estimate of drug-likeness (QED) is 0.655. The molecule has 5 nitrogen and oxygen atoms in total. The Morgan fingerprint density at radius 3 is 2.82 bits per heavy atom. The van der Waals surface area contributed by atoms with Gasteiger partial charge in [0.15, 0.2) is 5.69 Å². The normalized spacial score (nSPS) is 10.0. The summed E-state index contributed by atoms with van der Waals surface area (Å²) in [5.41, 5.74) is -0.185. The SMILES string of the molecule is COC(=O)CCSc1ccc(Cl)c(C(=O)O)n1. The van der Waals surface area contributed by atoms with Crippen LogP contribution in [0.3, 0.4) is 0 Å². The largest absolute Gasteiger partial charge is 0.476 e. The third-order valence-corrected chi connectivity index (χ3v) is 3.04. The predicted octanol–water partition coefficient (Wildman–Crippen LogP) is 2.09. The average molecular weight is 276 g/mol. The number of esters is 1. The Balaban J connectivity index is 2.63. The Hall–Kier alpha value is -1.27. The lowest BCUT2D eigenvalue weighted by Crippen LogP contribution is -2.03. The average Bonchev–Trinajstić information content (AvgIpc) is 2.30. The summed E-state index contributed by atoms with van der Waals surface area (Å²) in [6.45, 7) is 0. The van der Waals surface area contributed by atoms with Crippen molar-refractivity contribution in [2.45, 2.75) is 11.4 Å². The molecule has 0 aliphatic rings. The summed E-state index contributed by atoms with van der Waals surface area (Å²) in [5, 5.41) is 9.41. The van der Waals surface area contributed by atoms with Gasteiger partial charge in [0.05, 0.1) is 23.6 Å². The number of halogens is 1. The molecule has 0 spiro atoms. The van der Waals surface area contributed by atoms with E-state index in [1.54, 1.807) is 6.07 Å². The molecule has 0 radical (unpaired) electrons. The van der Waals surface area contributed by atoms with Crippen molar-refractivity contribution in [3.05, 3.63) is 22.8 Å². The molecule has 0 saturated heterocycles.